The Balaban J connectivity index is 0.000000205. The Hall–Kier alpha value is -4.30. The number of likely N-dealkylation sites (tertiary alicyclic amines) is 2. The number of hydrogen-bond donors (Lipinski definition) is 2. The van der Waals surface area contributed by atoms with Crippen LogP contribution in [0.15, 0.2) is 47.6 Å². The first-order chi connectivity index (χ1) is 23.5. The van der Waals surface area contributed by atoms with Crippen molar-refractivity contribution < 1.29 is 32.7 Å². The van der Waals surface area contributed by atoms with Gasteiger partial charge in [-0.1, -0.05) is 11.6 Å². The SMILES string of the molecule is CC(=O)N1CCC(NC(=O)c2cc(F)cnc2Cl)CC1.CC(=O)N1CCC(NC(=O)c2cc(F)cnc2Oc2ccc3c(c2)CCS3)CC1. The van der Waals surface area contributed by atoms with E-state index in [-0.39, 0.29) is 46.1 Å². The molecule has 0 spiro atoms. The van der Waals surface area contributed by atoms with Crippen LogP contribution in [0.4, 0.5) is 8.78 Å². The van der Waals surface area contributed by atoms with Crippen molar-refractivity contribution in [1.29, 1.82) is 0 Å². The van der Waals surface area contributed by atoms with Gasteiger partial charge in [0.05, 0.1) is 18.0 Å². The second kappa shape index (κ2) is 16.4. The standard InChI is InChI=1S/C21H22FN3O3S.C13H15ClFN3O2/c1-13(26)25-7-4-16(5-8-25)24-20(27)18-11-15(22)12-23-21(18)28-17-2-3-19-14(10-17)6-9-29-19;1-8(19)18-4-2-10(3-5-18)17-13(20)11-6-9(15)7-16-12(11)14/h2-3,10-12,16H,4-9H2,1H3,(H,24,27);6-7,10H,2-5H2,1H3,(H,17,20). The predicted molar refractivity (Wildman–Crippen MR) is 180 cm³/mol. The van der Waals surface area contributed by atoms with Gasteiger partial charge in [-0.3, -0.25) is 19.2 Å². The molecule has 0 radical (unpaired) electrons. The van der Waals surface area contributed by atoms with Crippen molar-refractivity contribution in [2.24, 2.45) is 0 Å². The summed E-state index contributed by atoms with van der Waals surface area (Å²) in [5, 5.41) is 5.69. The Morgan fingerprint density at radius 1 is 0.816 bits per heavy atom. The van der Waals surface area contributed by atoms with Crippen LogP contribution in [0, 0.1) is 11.6 Å². The summed E-state index contributed by atoms with van der Waals surface area (Å²) in [6.07, 6.45) is 5.64. The van der Waals surface area contributed by atoms with E-state index in [1.54, 1.807) is 28.5 Å². The van der Waals surface area contributed by atoms with Gasteiger partial charge in [-0.2, -0.15) is 0 Å². The molecule has 15 heteroatoms. The maximum atomic E-state index is 13.8. The molecule has 3 aliphatic heterocycles. The molecule has 0 aliphatic carbocycles. The van der Waals surface area contributed by atoms with Crippen LogP contribution in [0.3, 0.4) is 0 Å². The van der Waals surface area contributed by atoms with Gasteiger partial charge in [0.15, 0.2) is 0 Å². The van der Waals surface area contributed by atoms with Crippen molar-refractivity contribution in [3.05, 3.63) is 76.2 Å². The third kappa shape index (κ3) is 9.66. The molecule has 3 aromatic rings. The number of nitrogens with zero attached hydrogens (tertiary/aromatic N) is 4. The fourth-order valence-electron chi connectivity index (χ4n) is 5.79. The summed E-state index contributed by atoms with van der Waals surface area (Å²) in [6, 6.07) is 7.86. The summed E-state index contributed by atoms with van der Waals surface area (Å²) in [5.74, 6) is -0.299. The molecule has 6 rings (SSSR count). The lowest BCUT2D eigenvalue weighted by Crippen LogP contribution is -2.46. The Morgan fingerprint density at radius 3 is 1.92 bits per heavy atom. The number of aromatic nitrogens is 2. The van der Waals surface area contributed by atoms with Gasteiger partial charge < -0.3 is 25.2 Å². The summed E-state index contributed by atoms with van der Waals surface area (Å²) in [4.78, 5) is 59.8. The number of aryl methyl sites for hydroxylation is 1. The normalized spacial score (nSPS) is 16.3. The quantitative estimate of drug-likeness (QED) is 0.341. The number of halogens is 3. The minimum atomic E-state index is -0.606. The molecule has 0 atom stereocenters. The molecule has 49 heavy (non-hydrogen) atoms. The smallest absolute Gasteiger partial charge is 0.257 e. The lowest BCUT2D eigenvalue weighted by atomic mass is 10.0. The van der Waals surface area contributed by atoms with Crippen molar-refractivity contribution >= 4 is 47.0 Å². The summed E-state index contributed by atoms with van der Waals surface area (Å²) in [6.45, 7) is 5.47. The molecular weight excluding hydrogens is 678 g/mol. The average molecular weight is 715 g/mol. The number of ether oxygens (including phenoxy) is 1. The van der Waals surface area contributed by atoms with E-state index in [1.807, 2.05) is 18.2 Å². The number of pyridine rings is 2. The molecule has 11 nitrogen and oxygen atoms in total. The molecular formula is C34H37ClF2N6O5S. The van der Waals surface area contributed by atoms with Gasteiger partial charge in [-0.05, 0) is 68.0 Å². The van der Waals surface area contributed by atoms with Crippen LogP contribution < -0.4 is 15.4 Å². The molecule has 2 saturated heterocycles. The Kier molecular flexibility index (Phi) is 12.0. The molecule has 2 fully saturated rings. The Morgan fingerprint density at radius 2 is 1.35 bits per heavy atom. The highest BCUT2D eigenvalue weighted by molar-refractivity contribution is 7.99. The van der Waals surface area contributed by atoms with Crippen molar-refractivity contribution in [3.63, 3.8) is 0 Å². The summed E-state index contributed by atoms with van der Waals surface area (Å²) >= 11 is 7.59. The zero-order valence-electron chi connectivity index (χ0n) is 27.1. The highest BCUT2D eigenvalue weighted by Gasteiger charge is 2.26. The van der Waals surface area contributed by atoms with Crippen molar-refractivity contribution in [3.8, 4) is 11.6 Å². The number of thioether (sulfide) groups is 1. The van der Waals surface area contributed by atoms with E-state index in [1.165, 1.54) is 17.4 Å². The van der Waals surface area contributed by atoms with Crippen LogP contribution in [-0.2, 0) is 16.0 Å². The highest BCUT2D eigenvalue weighted by atomic mass is 35.5. The minimum absolute atomic E-state index is 0.0231. The van der Waals surface area contributed by atoms with Gasteiger partial charge in [0.25, 0.3) is 11.8 Å². The Labute approximate surface area is 292 Å². The summed E-state index contributed by atoms with van der Waals surface area (Å²) in [7, 11) is 0. The van der Waals surface area contributed by atoms with Crippen LogP contribution in [0.1, 0.15) is 65.8 Å². The zero-order chi connectivity index (χ0) is 35.1. The molecule has 5 heterocycles. The number of fused-ring (bicyclic) bond motifs is 1. The van der Waals surface area contributed by atoms with Gasteiger partial charge in [0, 0.05) is 62.8 Å². The maximum absolute atomic E-state index is 13.8. The number of carbonyl (C=O) groups excluding carboxylic acids is 4. The van der Waals surface area contributed by atoms with E-state index in [0.717, 1.165) is 36.7 Å². The zero-order valence-corrected chi connectivity index (χ0v) is 28.7. The number of carbonyl (C=O) groups is 4. The number of benzene rings is 1. The van der Waals surface area contributed by atoms with Crippen LogP contribution in [-0.4, -0.2) is 87.4 Å². The Bertz CT molecular complexity index is 1720. The number of nitrogens with one attached hydrogen (secondary N) is 2. The first-order valence-corrected chi connectivity index (χ1v) is 17.4. The first-order valence-electron chi connectivity index (χ1n) is 16.0. The first kappa shape index (κ1) is 36.0. The van der Waals surface area contributed by atoms with Crippen molar-refractivity contribution in [1.82, 2.24) is 30.4 Å². The fourth-order valence-corrected chi connectivity index (χ4v) is 7.04. The third-order valence-corrected chi connectivity index (χ3v) is 9.96. The molecule has 2 N–H and O–H groups in total. The van der Waals surface area contributed by atoms with Crippen LogP contribution in [0.5, 0.6) is 11.6 Å². The van der Waals surface area contributed by atoms with Crippen LogP contribution in [0.25, 0.3) is 0 Å². The number of amides is 4. The molecule has 3 aliphatic rings. The highest BCUT2D eigenvalue weighted by Crippen LogP contribution is 2.35. The summed E-state index contributed by atoms with van der Waals surface area (Å²) < 4.78 is 32.7. The van der Waals surface area contributed by atoms with E-state index in [4.69, 9.17) is 16.3 Å². The maximum Gasteiger partial charge on any atom is 0.257 e. The number of hydrogen-bond acceptors (Lipinski definition) is 8. The largest absolute Gasteiger partial charge is 0.438 e. The van der Waals surface area contributed by atoms with Crippen LogP contribution in [0.2, 0.25) is 5.15 Å². The predicted octanol–water partition coefficient (Wildman–Crippen LogP) is 5.02. The molecule has 0 unspecified atom stereocenters. The van der Waals surface area contributed by atoms with E-state index >= 15 is 0 Å². The van der Waals surface area contributed by atoms with Gasteiger partial charge in [-0.15, -0.1) is 11.8 Å². The molecule has 260 valence electrons. The lowest BCUT2D eigenvalue weighted by Gasteiger charge is -2.31. The van der Waals surface area contributed by atoms with Gasteiger partial charge in [0.2, 0.25) is 17.7 Å². The molecule has 0 saturated carbocycles. The van der Waals surface area contributed by atoms with E-state index < -0.39 is 23.4 Å². The van der Waals surface area contributed by atoms with Crippen molar-refractivity contribution in [2.75, 3.05) is 31.9 Å². The number of piperidine rings is 2. The monoisotopic (exact) mass is 714 g/mol. The lowest BCUT2D eigenvalue weighted by molar-refractivity contribution is -0.130. The molecule has 1 aromatic carbocycles. The van der Waals surface area contributed by atoms with Crippen LogP contribution >= 0.6 is 23.4 Å². The van der Waals surface area contributed by atoms with E-state index in [9.17, 15) is 28.0 Å². The fraction of sp³-hybridized carbons (Fsp3) is 0.412. The number of rotatable bonds is 6. The van der Waals surface area contributed by atoms with E-state index in [0.29, 0.717) is 57.6 Å². The average Bonchev–Trinajstić information content (AvgIpc) is 3.55. The molecule has 0 bridgehead atoms. The second-order valence-corrected chi connectivity index (χ2v) is 13.5. The van der Waals surface area contributed by atoms with E-state index in [2.05, 4.69) is 20.6 Å². The van der Waals surface area contributed by atoms with Gasteiger partial charge >= 0.3 is 0 Å². The third-order valence-electron chi connectivity index (χ3n) is 8.54. The minimum Gasteiger partial charge on any atom is -0.438 e. The van der Waals surface area contributed by atoms with Gasteiger partial charge in [-0.25, -0.2) is 18.7 Å². The second-order valence-electron chi connectivity index (χ2n) is 12.0. The van der Waals surface area contributed by atoms with Gasteiger partial charge in [0.1, 0.15) is 28.1 Å². The summed E-state index contributed by atoms with van der Waals surface area (Å²) in [5.41, 5.74) is 1.30. The molecule has 2 aromatic heterocycles. The van der Waals surface area contributed by atoms with Crippen molar-refractivity contribution in [2.45, 2.75) is 62.9 Å². The topological polar surface area (TPSA) is 134 Å². The molecule has 4 amide bonds.